The van der Waals surface area contributed by atoms with Crippen molar-refractivity contribution in [2.24, 2.45) is 5.92 Å². The number of ether oxygens (including phenoxy) is 1. The number of aromatic nitrogens is 2. The van der Waals surface area contributed by atoms with E-state index in [1.54, 1.807) is 30.1 Å². The number of aliphatic hydroxyl groups excluding tert-OH is 1. The van der Waals surface area contributed by atoms with Crippen LogP contribution in [-0.2, 0) is 35.5 Å². The number of thiazole rings is 2. The Morgan fingerprint density at radius 3 is 2.14 bits per heavy atom. The second kappa shape index (κ2) is 19.2. The highest BCUT2D eigenvalue weighted by atomic mass is 32.1. The molecule has 4 rings (SSSR count). The van der Waals surface area contributed by atoms with Crippen LogP contribution in [0.2, 0.25) is 0 Å². The number of hydrogen-bond acceptors (Lipinski definition) is 9. The van der Waals surface area contributed by atoms with Gasteiger partial charge in [-0.2, -0.15) is 0 Å². The van der Waals surface area contributed by atoms with Crippen LogP contribution in [0.4, 0.5) is 9.59 Å². The molecule has 0 saturated heterocycles. The second-order valence-corrected chi connectivity index (χ2v) is 14.9. The lowest BCUT2D eigenvalue weighted by atomic mass is 9.93. The molecule has 2 heterocycles. The summed E-state index contributed by atoms with van der Waals surface area (Å²) in [6, 6.07) is 16.8. The molecular weight excluding hydrogens is 673 g/mol. The van der Waals surface area contributed by atoms with Crippen molar-refractivity contribution in [1.82, 2.24) is 30.8 Å². The first kappa shape index (κ1) is 38.5. The van der Waals surface area contributed by atoms with Crippen molar-refractivity contribution in [3.8, 4) is 0 Å². The maximum absolute atomic E-state index is 13.9. The summed E-state index contributed by atoms with van der Waals surface area (Å²) in [4.78, 5) is 51.0. The fourth-order valence-corrected chi connectivity index (χ4v) is 6.72. The van der Waals surface area contributed by atoms with E-state index in [1.165, 1.54) is 16.2 Å². The van der Waals surface area contributed by atoms with Gasteiger partial charge in [0.2, 0.25) is 5.91 Å². The third-order valence-corrected chi connectivity index (χ3v) is 10.1. The molecule has 0 fully saturated rings. The van der Waals surface area contributed by atoms with Gasteiger partial charge in [0.25, 0.3) is 0 Å². The highest BCUT2D eigenvalue weighted by molar-refractivity contribution is 7.09. The van der Waals surface area contributed by atoms with E-state index in [4.69, 9.17) is 4.74 Å². The van der Waals surface area contributed by atoms with Crippen LogP contribution in [0.1, 0.15) is 66.7 Å². The Kier molecular flexibility index (Phi) is 14.7. The van der Waals surface area contributed by atoms with E-state index in [2.05, 4.69) is 39.8 Å². The van der Waals surface area contributed by atoms with Crippen LogP contribution >= 0.6 is 22.7 Å². The minimum absolute atomic E-state index is 0.0671. The van der Waals surface area contributed by atoms with Gasteiger partial charge in [-0.15, -0.1) is 22.7 Å². The number of amides is 4. The average molecular weight is 721 g/mol. The number of rotatable bonds is 17. The molecule has 4 N–H and O–H groups in total. The molecule has 2 unspecified atom stereocenters. The van der Waals surface area contributed by atoms with Crippen molar-refractivity contribution in [1.29, 1.82) is 0 Å². The third-order valence-electron chi connectivity index (χ3n) is 8.13. The van der Waals surface area contributed by atoms with Crippen molar-refractivity contribution in [2.75, 3.05) is 7.05 Å². The molecule has 2 aromatic carbocycles. The van der Waals surface area contributed by atoms with E-state index in [-0.39, 0.29) is 30.9 Å². The number of urea groups is 1. The number of nitrogens with one attached hydrogen (secondary N) is 3. The molecule has 0 radical (unpaired) electrons. The molecule has 11 nitrogen and oxygen atoms in total. The lowest BCUT2D eigenvalue weighted by Crippen LogP contribution is -2.55. The van der Waals surface area contributed by atoms with Gasteiger partial charge in [0.15, 0.2) is 0 Å². The van der Waals surface area contributed by atoms with Crippen molar-refractivity contribution < 1.29 is 24.2 Å². The Hall–Kier alpha value is -4.33. The van der Waals surface area contributed by atoms with Crippen molar-refractivity contribution in [3.05, 3.63) is 104 Å². The molecule has 2 aromatic heterocycles. The maximum atomic E-state index is 13.9. The predicted octanol–water partition coefficient (Wildman–Crippen LogP) is 5.91. The van der Waals surface area contributed by atoms with E-state index in [0.717, 1.165) is 26.7 Å². The Balaban J connectivity index is 1.46. The van der Waals surface area contributed by atoms with E-state index >= 15 is 0 Å². The molecule has 0 saturated carbocycles. The molecule has 0 aliphatic carbocycles. The minimum Gasteiger partial charge on any atom is -0.444 e. The molecule has 13 heteroatoms. The highest BCUT2D eigenvalue weighted by Gasteiger charge is 2.31. The number of carbonyl (C=O) groups is 3. The van der Waals surface area contributed by atoms with E-state index in [1.807, 2.05) is 79.9 Å². The predicted molar refractivity (Wildman–Crippen MR) is 197 cm³/mol. The number of alkyl carbamates (subject to hydrolysis) is 1. The van der Waals surface area contributed by atoms with Crippen molar-refractivity contribution in [2.45, 2.75) is 90.3 Å². The zero-order valence-electron chi connectivity index (χ0n) is 29.2. The molecule has 4 aromatic rings. The van der Waals surface area contributed by atoms with Crippen LogP contribution < -0.4 is 16.0 Å². The van der Waals surface area contributed by atoms with Gasteiger partial charge in [-0.05, 0) is 36.3 Å². The zero-order chi connectivity index (χ0) is 36.0. The Labute approximate surface area is 302 Å². The molecule has 4 atom stereocenters. The summed E-state index contributed by atoms with van der Waals surface area (Å²) in [5.41, 5.74) is 4.35. The number of hydrogen-bond donors (Lipinski definition) is 4. The summed E-state index contributed by atoms with van der Waals surface area (Å²) in [6.45, 7) is 8.28. The largest absolute Gasteiger partial charge is 0.444 e. The smallest absolute Gasteiger partial charge is 0.407 e. The lowest BCUT2D eigenvalue weighted by Gasteiger charge is -2.30. The Bertz CT molecular complexity index is 1620. The maximum Gasteiger partial charge on any atom is 0.407 e. The van der Waals surface area contributed by atoms with Crippen LogP contribution in [0.5, 0.6) is 0 Å². The first-order chi connectivity index (χ1) is 24.0. The monoisotopic (exact) mass is 720 g/mol. The van der Waals surface area contributed by atoms with Gasteiger partial charge in [-0.1, -0.05) is 88.4 Å². The van der Waals surface area contributed by atoms with Crippen LogP contribution in [0.25, 0.3) is 0 Å². The third kappa shape index (κ3) is 12.2. The molecule has 0 spiro atoms. The highest BCUT2D eigenvalue weighted by Crippen LogP contribution is 2.20. The van der Waals surface area contributed by atoms with Crippen molar-refractivity contribution in [3.63, 3.8) is 0 Å². The lowest BCUT2D eigenvalue weighted by molar-refractivity contribution is -0.124. The van der Waals surface area contributed by atoms with Crippen molar-refractivity contribution >= 4 is 40.7 Å². The summed E-state index contributed by atoms with van der Waals surface area (Å²) in [7, 11) is 1.68. The fraction of sp³-hybridized carbons (Fsp3) is 0.432. The van der Waals surface area contributed by atoms with Gasteiger partial charge < -0.3 is 30.7 Å². The topological polar surface area (TPSA) is 146 Å². The SMILES string of the molecule is CC(C)c1nc(CN(C)C(=O)NC(C(=O)N[C@@H](Cc2ccccc2)CC(O)[C@@H](Cc2ccccc2)NC(=O)OCc2cncs2)C(C)C)cs1. The Morgan fingerprint density at radius 1 is 0.900 bits per heavy atom. The molecule has 0 bridgehead atoms. The molecular formula is C37H48N6O5S2. The first-order valence-corrected chi connectivity index (χ1v) is 18.6. The van der Waals surface area contributed by atoms with E-state index in [9.17, 15) is 19.5 Å². The molecule has 0 aliphatic heterocycles. The summed E-state index contributed by atoms with van der Waals surface area (Å²) in [5, 5.41) is 23.5. The van der Waals surface area contributed by atoms with E-state index < -0.39 is 30.3 Å². The van der Waals surface area contributed by atoms with E-state index in [0.29, 0.717) is 25.3 Å². The first-order valence-electron chi connectivity index (χ1n) is 16.8. The molecule has 50 heavy (non-hydrogen) atoms. The summed E-state index contributed by atoms with van der Waals surface area (Å²) < 4.78 is 5.42. The summed E-state index contributed by atoms with van der Waals surface area (Å²) in [5.74, 6) is -0.277. The van der Waals surface area contributed by atoms with Gasteiger partial charge in [0.05, 0.1) is 39.8 Å². The van der Waals surface area contributed by atoms with Crippen LogP contribution in [0.3, 0.4) is 0 Å². The molecule has 4 amide bonds. The molecule has 0 aliphatic rings. The van der Waals surface area contributed by atoms with Crippen LogP contribution in [0.15, 0.2) is 77.8 Å². The normalized spacial score (nSPS) is 13.7. The van der Waals surface area contributed by atoms with Crippen LogP contribution in [0, 0.1) is 5.92 Å². The number of benzene rings is 2. The number of aliphatic hydroxyl groups is 1. The zero-order valence-corrected chi connectivity index (χ0v) is 30.9. The number of nitrogens with zero attached hydrogens (tertiary/aromatic N) is 3. The summed E-state index contributed by atoms with van der Waals surface area (Å²) >= 11 is 2.95. The van der Waals surface area contributed by atoms with Gasteiger partial charge in [-0.25, -0.2) is 14.6 Å². The minimum atomic E-state index is -1.05. The Morgan fingerprint density at radius 2 is 1.56 bits per heavy atom. The van der Waals surface area contributed by atoms with Gasteiger partial charge in [0.1, 0.15) is 12.6 Å². The van der Waals surface area contributed by atoms with Crippen LogP contribution in [-0.4, -0.2) is 69.3 Å². The average Bonchev–Trinajstić information content (AvgIpc) is 3.79. The molecule has 268 valence electrons. The fourth-order valence-electron chi connectivity index (χ4n) is 5.39. The summed E-state index contributed by atoms with van der Waals surface area (Å²) in [6.07, 6.45) is 0.836. The van der Waals surface area contributed by atoms with Gasteiger partial charge in [0, 0.05) is 30.6 Å². The number of carbonyl (C=O) groups excluding carboxylic acids is 3. The van der Waals surface area contributed by atoms with Gasteiger partial charge >= 0.3 is 12.1 Å². The quantitative estimate of drug-likeness (QED) is 0.106. The standard InChI is InChI=1S/C37H48N6O5S2/c1-24(2)33(42-36(46)43(5)20-29-22-49-35(40-29)25(3)4)34(45)39-28(16-26-12-8-6-9-13-26)18-32(44)31(17-27-14-10-7-11-15-27)41-37(47)48-21-30-19-38-23-50-30/h6-15,19,22-25,28,31-33,44H,16-18,20-21H2,1-5H3,(H,39,45)(H,41,47)(H,42,46)/t28-,31+,32?,33?/m0/s1. The van der Waals surface area contributed by atoms with Gasteiger partial charge in [-0.3, -0.25) is 9.78 Å². The second-order valence-electron chi connectivity index (χ2n) is 13.0.